The molecule has 1 aliphatic heterocycles. The van der Waals surface area contributed by atoms with Crippen molar-refractivity contribution in [3.63, 3.8) is 0 Å². The van der Waals surface area contributed by atoms with Gasteiger partial charge in [-0.3, -0.25) is 4.90 Å². The van der Waals surface area contributed by atoms with E-state index in [0.29, 0.717) is 13.2 Å². The van der Waals surface area contributed by atoms with Crippen LogP contribution in [0.3, 0.4) is 0 Å². The third-order valence-corrected chi connectivity index (χ3v) is 4.29. The topological polar surface area (TPSA) is 41.9 Å². The van der Waals surface area contributed by atoms with Crippen molar-refractivity contribution in [1.29, 1.82) is 0 Å². The molecule has 0 spiro atoms. The SMILES string of the molecule is CC(C)(C)N(Cc1ccccc1)CC(O)COC1CCOCC1. The molecule has 1 saturated heterocycles. The van der Waals surface area contributed by atoms with Crippen LogP contribution in [0.25, 0.3) is 0 Å². The van der Waals surface area contributed by atoms with Crippen LogP contribution in [0.2, 0.25) is 0 Å². The molecule has 130 valence electrons. The van der Waals surface area contributed by atoms with Gasteiger partial charge < -0.3 is 14.6 Å². The van der Waals surface area contributed by atoms with E-state index >= 15 is 0 Å². The molecule has 2 rings (SSSR count). The van der Waals surface area contributed by atoms with Crippen molar-refractivity contribution in [2.75, 3.05) is 26.4 Å². The van der Waals surface area contributed by atoms with E-state index in [9.17, 15) is 5.11 Å². The smallest absolute Gasteiger partial charge is 0.0900 e. The maximum Gasteiger partial charge on any atom is 0.0900 e. The minimum absolute atomic E-state index is 0.00446. The molecule has 1 aliphatic rings. The normalized spacial score (nSPS) is 18.3. The molecule has 1 aromatic rings. The minimum atomic E-state index is -0.471. The van der Waals surface area contributed by atoms with Gasteiger partial charge in [-0.05, 0) is 39.2 Å². The number of aliphatic hydroxyl groups is 1. The Hall–Kier alpha value is -0.940. The lowest BCUT2D eigenvalue weighted by atomic mass is 10.0. The molecule has 0 amide bonds. The molecule has 1 unspecified atom stereocenters. The average molecular weight is 321 g/mol. The first-order valence-electron chi connectivity index (χ1n) is 8.61. The van der Waals surface area contributed by atoms with Gasteiger partial charge in [-0.25, -0.2) is 0 Å². The highest BCUT2D eigenvalue weighted by molar-refractivity contribution is 5.14. The summed E-state index contributed by atoms with van der Waals surface area (Å²) in [5.74, 6) is 0. The second-order valence-electron chi connectivity index (χ2n) is 7.34. The highest BCUT2D eigenvalue weighted by Crippen LogP contribution is 2.18. The summed E-state index contributed by atoms with van der Waals surface area (Å²) in [4.78, 5) is 2.31. The molecule has 0 radical (unpaired) electrons. The van der Waals surface area contributed by atoms with Crippen LogP contribution in [-0.2, 0) is 16.0 Å². The Morgan fingerprint density at radius 2 is 1.87 bits per heavy atom. The third kappa shape index (κ3) is 6.60. The van der Waals surface area contributed by atoms with E-state index in [1.54, 1.807) is 0 Å². The van der Waals surface area contributed by atoms with Crippen molar-refractivity contribution in [2.24, 2.45) is 0 Å². The first-order valence-corrected chi connectivity index (χ1v) is 8.61. The summed E-state index contributed by atoms with van der Waals surface area (Å²) in [5.41, 5.74) is 1.26. The van der Waals surface area contributed by atoms with Crippen LogP contribution >= 0.6 is 0 Å². The van der Waals surface area contributed by atoms with Gasteiger partial charge in [0, 0.05) is 31.8 Å². The Morgan fingerprint density at radius 1 is 1.22 bits per heavy atom. The molecular weight excluding hydrogens is 290 g/mol. The molecule has 0 aromatic heterocycles. The van der Waals surface area contributed by atoms with E-state index in [1.165, 1.54) is 5.56 Å². The lowest BCUT2D eigenvalue weighted by Crippen LogP contribution is -2.46. The molecule has 0 aliphatic carbocycles. The van der Waals surface area contributed by atoms with Gasteiger partial charge in [-0.15, -0.1) is 0 Å². The minimum Gasteiger partial charge on any atom is -0.389 e. The van der Waals surface area contributed by atoms with E-state index in [0.717, 1.165) is 32.6 Å². The van der Waals surface area contributed by atoms with Crippen LogP contribution in [0, 0.1) is 0 Å². The van der Waals surface area contributed by atoms with Gasteiger partial charge in [-0.1, -0.05) is 30.3 Å². The van der Waals surface area contributed by atoms with Gasteiger partial charge in [0.1, 0.15) is 0 Å². The number of aliphatic hydroxyl groups excluding tert-OH is 1. The molecule has 23 heavy (non-hydrogen) atoms. The van der Waals surface area contributed by atoms with Gasteiger partial charge in [0.15, 0.2) is 0 Å². The number of β-amino-alcohol motifs (C(OH)–C–C–N with tert-alkyl or cyclic N) is 1. The highest BCUT2D eigenvalue weighted by atomic mass is 16.5. The number of rotatable bonds is 7. The van der Waals surface area contributed by atoms with Crippen LogP contribution in [0.4, 0.5) is 0 Å². The maximum atomic E-state index is 10.4. The van der Waals surface area contributed by atoms with Crippen molar-refractivity contribution < 1.29 is 14.6 Å². The Kier molecular flexibility index (Phi) is 7.03. The Labute approximate surface area is 140 Å². The molecule has 1 N–H and O–H groups in total. The first-order chi connectivity index (χ1) is 10.9. The summed E-state index contributed by atoms with van der Waals surface area (Å²) >= 11 is 0. The Bertz CT molecular complexity index is 438. The molecule has 1 atom stereocenters. The van der Waals surface area contributed by atoms with Crippen molar-refractivity contribution in [3.8, 4) is 0 Å². The summed E-state index contributed by atoms with van der Waals surface area (Å²) in [5, 5.41) is 10.4. The number of hydrogen-bond acceptors (Lipinski definition) is 4. The molecule has 0 bridgehead atoms. The number of hydrogen-bond donors (Lipinski definition) is 1. The van der Waals surface area contributed by atoms with Gasteiger partial charge in [0.25, 0.3) is 0 Å². The van der Waals surface area contributed by atoms with Crippen molar-refractivity contribution in [2.45, 2.75) is 57.9 Å². The van der Waals surface area contributed by atoms with E-state index in [4.69, 9.17) is 9.47 Å². The summed E-state index contributed by atoms with van der Waals surface area (Å²) < 4.78 is 11.2. The van der Waals surface area contributed by atoms with Gasteiger partial charge in [-0.2, -0.15) is 0 Å². The molecule has 1 heterocycles. The summed E-state index contributed by atoms with van der Waals surface area (Å²) in [7, 11) is 0. The zero-order chi connectivity index (χ0) is 16.7. The number of ether oxygens (including phenoxy) is 2. The molecule has 1 fully saturated rings. The van der Waals surface area contributed by atoms with Crippen LogP contribution in [0.15, 0.2) is 30.3 Å². The standard InChI is InChI=1S/C19H31NO3/c1-19(2,3)20(13-16-7-5-4-6-8-16)14-17(21)15-23-18-9-11-22-12-10-18/h4-8,17-18,21H,9-15H2,1-3H3. The highest BCUT2D eigenvalue weighted by Gasteiger charge is 2.25. The predicted octanol–water partition coefficient (Wildman–Crippen LogP) is 2.84. The lowest BCUT2D eigenvalue weighted by Gasteiger charge is -2.37. The molecule has 4 heteroatoms. The largest absolute Gasteiger partial charge is 0.389 e. The van der Waals surface area contributed by atoms with E-state index in [-0.39, 0.29) is 11.6 Å². The van der Waals surface area contributed by atoms with E-state index in [2.05, 4.69) is 49.9 Å². The zero-order valence-electron chi connectivity index (χ0n) is 14.7. The number of nitrogens with zero attached hydrogens (tertiary/aromatic N) is 1. The summed E-state index contributed by atoms with van der Waals surface area (Å²) in [6, 6.07) is 10.4. The first kappa shape index (κ1) is 18.4. The lowest BCUT2D eigenvalue weighted by molar-refractivity contribution is -0.0692. The van der Waals surface area contributed by atoms with Crippen LogP contribution in [0.5, 0.6) is 0 Å². The van der Waals surface area contributed by atoms with Gasteiger partial charge in [0.05, 0.1) is 18.8 Å². The van der Waals surface area contributed by atoms with Crippen LogP contribution < -0.4 is 0 Å². The predicted molar refractivity (Wildman–Crippen MR) is 92.4 cm³/mol. The van der Waals surface area contributed by atoms with Crippen LogP contribution in [0.1, 0.15) is 39.2 Å². The summed E-state index contributed by atoms with van der Waals surface area (Å²) in [6.45, 7) is 9.92. The zero-order valence-corrected chi connectivity index (χ0v) is 14.7. The van der Waals surface area contributed by atoms with Crippen molar-refractivity contribution in [3.05, 3.63) is 35.9 Å². The van der Waals surface area contributed by atoms with Crippen molar-refractivity contribution in [1.82, 2.24) is 4.90 Å². The average Bonchev–Trinajstić information content (AvgIpc) is 2.53. The van der Waals surface area contributed by atoms with Gasteiger partial charge >= 0.3 is 0 Å². The van der Waals surface area contributed by atoms with Crippen molar-refractivity contribution >= 4 is 0 Å². The monoisotopic (exact) mass is 321 g/mol. The molecule has 4 nitrogen and oxygen atoms in total. The number of benzene rings is 1. The van der Waals surface area contributed by atoms with E-state index in [1.807, 2.05) is 6.07 Å². The molecular formula is C19H31NO3. The van der Waals surface area contributed by atoms with Gasteiger partial charge in [0.2, 0.25) is 0 Å². The second-order valence-corrected chi connectivity index (χ2v) is 7.34. The quantitative estimate of drug-likeness (QED) is 0.838. The fourth-order valence-electron chi connectivity index (χ4n) is 2.78. The Morgan fingerprint density at radius 3 is 2.48 bits per heavy atom. The molecule has 0 saturated carbocycles. The maximum absolute atomic E-state index is 10.4. The third-order valence-electron chi connectivity index (χ3n) is 4.29. The second kappa shape index (κ2) is 8.78. The molecule has 1 aromatic carbocycles. The van der Waals surface area contributed by atoms with Crippen LogP contribution in [-0.4, -0.2) is 54.1 Å². The summed E-state index contributed by atoms with van der Waals surface area (Å²) in [6.07, 6.45) is 1.62. The Balaban J connectivity index is 1.84. The van der Waals surface area contributed by atoms with E-state index < -0.39 is 6.10 Å². The fraction of sp³-hybridized carbons (Fsp3) is 0.684. The fourth-order valence-corrected chi connectivity index (χ4v) is 2.78.